The van der Waals surface area contributed by atoms with E-state index in [-0.39, 0.29) is 0 Å². The average molecular weight is 312 g/mol. The summed E-state index contributed by atoms with van der Waals surface area (Å²) < 4.78 is 37.4. The van der Waals surface area contributed by atoms with E-state index in [0.717, 1.165) is 22.6 Å². The number of benzene rings is 2. The first-order chi connectivity index (χ1) is 9.88. The Balaban J connectivity index is 2.01. The predicted octanol–water partition coefficient (Wildman–Crippen LogP) is 4.84. The Kier molecular flexibility index (Phi) is 4.96. The lowest BCUT2D eigenvalue weighted by molar-refractivity contribution is -0.137. The first-order valence-corrected chi connectivity index (χ1v) is 7.40. The molecule has 1 atom stereocenters. The second-order valence-electron chi connectivity index (χ2n) is 4.71. The average Bonchev–Trinajstić information content (AvgIpc) is 2.45. The van der Waals surface area contributed by atoms with E-state index in [4.69, 9.17) is 0 Å². The summed E-state index contributed by atoms with van der Waals surface area (Å²) >= 11 is 1.49. The van der Waals surface area contributed by atoms with E-state index in [1.165, 1.54) is 23.9 Å². The molecule has 0 fully saturated rings. The zero-order valence-corrected chi connectivity index (χ0v) is 12.2. The van der Waals surface area contributed by atoms with Crippen LogP contribution in [0.5, 0.6) is 0 Å². The van der Waals surface area contributed by atoms with Gasteiger partial charge in [0.1, 0.15) is 0 Å². The van der Waals surface area contributed by atoms with Crippen LogP contribution in [0.25, 0.3) is 0 Å². The van der Waals surface area contributed by atoms with Gasteiger partial charge in [0.05, 0.1) is 11.7 Å². The van der Waals surface area contributed by atoms with Crippen LogP contribution >= 0.6 is 11.8 Å². The van der Waals surface area contributed by atoms with Gasteiger partial charge in [-0.25, -0.2) is 0 Å². The molecule has 0 aromatic heterocycles. The molecule has 2 rings (SSSR count). The van der Waals surface area contributed by atoms with E-state index in [1.54, 1.807) is 0 Å². The minimum Gasteiger partial charge on any atom is -0.388 e. The molecule has 0 saturated heterocycles. The number of aryl methyl sites for hydroxylation is 1. The fourth-order valence-corrected chi connectivity index (χ4v) is 2.88. The van der Waals surface area contributed by atoms with Crippen LogP contribution in [-0.4, -0.2) is 10.9 Å². The summed E-state index contributed by atoms with van der Waals surface area (Å²) in [5.74, 6) is 0.399. The zero-order valence-electron chi connectivity index (χ0n) is 11.4. The lowest BCUT2D eigenvalue weighted by Crippen LogP contribution is -2.06. The van der Waals surface area contributed by atoms with Crippen LogP contribution in [0.1, 0.15) is 22.8 Å². The van der Waals surface area contributed by atoms with Gasteiger partial charge in [0, 0.05) is 10.6 Å². The van der Waals surface area contributed by atoms with Crippen molar-refractivity contribution in [2.45, 2.75) is 24.1 Å². The van der Waals surface area contributed by atoms with Crippen LogP contribution in [0.4, 0.5) is 13.2 Å². The summed E-state index contributed by atoms with van der Waals surface area (Å²) in [4.78, 5) is 1.06. The quantitative estimate of drug-likeness (QED) is 0.815. The van der Waals surface area contributed by atoms with E-state index < -0.39 is 17.8 Å². The van der Waals surface area contributed by atoms with E-state index in [0.29, 0.717) is 11.3 Å². The van der Waals surface area contributed by atoms with Crippen molar-refractivity contribution in [3.8, 4) is 0 Å². The van der Waals surface area contributed by atoms with Crippen molar-refractivity contribution in [1.82, 2.24) is 0 Å². The maximum Gasteiger partial charge on any atom is 0.416 e. The van der Waals surface area contributed by atoms with Gasteiger partial charge in [-0.1, -0.05) is 30.3 Å². The third-order valence-corrected chi connectivity index (χ3v) is 4.36. The van der Waals surface area contributed by atoms with Crippen LogP contribution in [-0.2, 0) is 6.18 Å². The predicted molar refractivity (Wildman–Crippen MR) is 78.3 cm³/mol. The molecule has 21 heavy (non-hydrogen) atoms. The third kappa shape index (κ3) is 4.25. The molecule has 0 bridgehead atoms. The molecule has 0 radical (unpaired) electrons. The Morgan fingerprint density at radius 3 is 2.24 bits per heavy atom. The Labute approximate surface area is 125 Å². The number of thioether (sulfide) groups is 1. The number of hydrogen-bond acceptors (Lipinski definition) is 2. The number of aliphatic hydroxyl groups excluding tert-OH is 1. The van der Waals surface area contributed by atoms with Gasteiger partial charge in [0.2, 0.25) is 0 Å². The van der Waals surface area contributed by atoms with Gasteiger partial charge in [-0.15, -0.1) is 11.8 Å². The maximum absolute atomic E-state index is 12.5. The summed E-state index contributed by atoms with van der Waals surface area (Å²) in [6, 6.07) is 12.4. The molecule has 0 saturated carbocycles. The van der Waals surface area contributed by atoms with Crippen LogP contribution in [0.15, 0.2) is 53.4 Å². The minimum atomic E-state index is -4.35. The van der Waals surface area contributed by atoms with Crippen molar-refractivity contribution >= 4 is 11.8 Å². The molecule has 0 aliphatic rings. The number of hydrogen-bond donors (Lipinski definition) is 1. The van der Waals surface area contributed by atoms with Crippen molar-refractivity contribution < 1.29 is 18.3 Å². The van der Waals surface area contributed by atoms with Gasteiger partial charge in [0.15, 0.2) is 0 Å². The second-order valence-corrected chi connectivity index (χ2v) is 5.77. The van der Waals surface area contributed by atoms with Crippen molar-refractivity contribution in [3.63, 3.8) is 0 Å². The fraction of sp³-hybridized carbons (Fsp3) is 0.250. The standard InChI is InChI=1S/C16H15F3OS/c1-11-4-2-3-5-15(11)21-10-14(20)12-6-8-13(9-7-12)16(17,18)19/h2-9,14,20H,10H2,1H3. The van der Waals surface area contributed by atoms with Crippen molar-refractivity contribution in [3.05, 3.63) is 65.2 Å². The smallest absolute Gasteiger partial charge is 0.388 e. The number of alkyl halides is 3. The third-order valence-electron chi connectivity index (χ3n) is 3.11. The van der Waals surface area contributed by atoms with Crippen LogP contribution in [0, 0.1) is 6.92 Å². The van der Waals surface area contributed by atoms with Gasteiger partial charge in [-0.3, -0.25) is 0 Å². The van der Waals surface area contributed by atoms with Gasteiger partial charge >= 0.3 is 6.18 Å². The Hall–Kier alpha value is -1.46. The van der Waals surface area contributed by atoms with Crippen molar-refractivity contribution in [2.75, 3.05) is 5.75 Å². The number of aliphatic hydroxyl groups is 1. The Morgan fingerprint density at radius 1 is 1.05 bits per heavy atom. The second kappa shape index (κ2) is 6.54. The van der Waals surface area contributed by atoms with E-state index in [9.17, 15) is 18.3 Å². The molecule has 0 aliphatic heterocycles. The van der Waals surface area contributed by atoms with Crippen molar-refractivity contribution in [2.24, 2.45) is 0 Å². The highest BCUT2D eigenvalue weighted by atomic mass is 32.2. The SMILES string of the molecule is Cc1ccccc1SCC(O)c1ccc(C(F)(F)F)cc1. The summed E-state index contributed by atoms with van der Waals surface area (Å²) in [5.41, 5.74) is 0.899. The van der Waals surface area contributed by atoms with Crippen LogP contribution < -0.4 is 0 Å². The number of rotatable bonds is 4. The Morgan fingerprint density at radius 2 is 1.67 bits per heavy atom. The van der Waals surface area contributed by atoms with Gasteiger partial charge in [-0.2, -0.15) is 13.2 Å². The summed E-state index contributed by atoms with van der Waals surface area (Å²) in [6.07, 6.45) is -5.14. The molecule has 0 heterocycles. The van der Waals surface area contributed by atoms with E-state index in [2.05, 4.69) is 0 Å². The highest BCUT2D eigenvalue weighted by Crippen LogP contribution is 2.31. The van der Waals surface area contributed by atoms with E-state index in [1.807, 2.05) is 31.2 Å². The fourth-order valence-electron chi connectivity index (χ4n) is 1.88. The first-order valence-electron chi connectivity index (χ1n) is 6.41. The van der Waals surface area contributed by atoms with Gasteiger partial charge < -0.3 is 5.11 Å². The number of halogens is 3. The molecule has 112 valence electrons. The molecule has 0 aliphatic carbocycles. The largest absolute Gasteiger partial charge is 0.416 e. The molecular weight excluding hydrogens is 297 g/mol. The Bertz CT molecular complexity index is 593. The molecule has 1 unspecified atom stereocenters. The van der Waals surface area contributed by atoms with Gasteiger partial charge in [0.25, 0.3) is 0 Å². The molecular formula is C16H15F3OS. The molecule has 5 heteroatoms. The molecule has 0 amide bonds. The normalized spacial score (nSPS) is 13.2. The lowest BCUT2D eigenvalue weighted by atomic mass is 10.1. The lowest BCUT2D eigenvalue weighted by Gasteiger charge is -2.13. The molecule has 2 aromatic rings. The maximum atomic E-state index is 12.5. The highest BCUT2D eigenvalue weighted by Gasteiger charge is 2.30. The van der Waals surface area contributed by atoms with Crippen LogP contribution in [0.2, 0.25) is 0 Å². The minimum absolute atomic E-state index is 0.399. The van der Waals surface area contributed by atoms with E-state index >= 15 is 0 Å². The zero-order chi connectivity index (χ0) is 15.5. The first kappa shape index (κ1) is 15.9. The van der Waals surface area contributed by atoms with Crippen molar-refractivity contribution in [1.29, 1.82) is 0 Å². The van der Waals surface area contributed by atoms with Crippen LogP contribution in [0.3, 0.4) is 0 Å². The molecule has 0 spiro atoms. The molecule has 1 nitrogen and oxygen atoms in total. The monoisotopic (exact) mass is 312 g/mol. The van der Waals surface area contributed by atoms with Gasteiger partial charge in [-0.05, 0) is 36.2 Å². The molecule has 1 N–H and O–H groups in total. The topological polar surface area (TPSA) is 20.2 Å². The summed E-state index contributed by atoms with van der Waals surface area (Å²) in [6.45, 7) is 1.98. The molecule has 2 aromatic carbocycles. The highest BCUT2D eigenvalue weighted by molar-refractivity contribution is 7.99. The summed E-state index contributed by atoms with van der Waals surface area (Å²) in [5, 5.41) is 10.1. The summed E-state index contributed by atoms with van der Waals surface area (Å²) in [7, 11) is 0.